The second kappa shape index (κ2) is 5.43. The van der Waals surface area contributed by atoms with Crippen molar-refractivity contribution in [2.45, 2.75) is 31.9 Å². The fourth-order valence-corrected chi connectivity index (χ4v) is 3.86. The van der Waals surface area contributed by atoms with Crippen LogP contribution in [-0.4, -0.2) is 45.2 Å². The van der Waals surface area contributed by atoms with Gasteiger partial charge in [-0.3, -0.25) is 4.90 Å². The highest BCUT2D eigenvalue weighted by atomic mass is 16.5. The standard InChI is InChI=1S/C18H20N4O2/c1-12-4-2-7-22-9-13(8-15(12)22)18-19-17(20-24-18)16-10-21-6-3-5-14(21)11-23-16/h2,4,7-9,14,16H,3,5-6,10-11H2,1H3/t14-,16+/m0/s1. The highest BCUT2D eigenvalue weighted by molar-refractivity contribution is 5.67. The summed E-state index contributed by atoms with van der Waals surface area (Å²) in [6.07, 6.45) is 6.46. The summed E-state index contributed by atoms with van der Waals surface area (Å²) < 4.78 is 13.6. The average Bonchev–Trinajstić information content (AvgIpc) is 3.32. The Bertz CT molecular complexity index is 884. The highest BCUT2D eigenvalue weighted by Crippen LogP contribution is 2.30. The van der Waals surface area contributed by atoms with Crippen molar-refractivity contribution in [2.24, 2.45) is 0 Å². The monoisotopic (exact) mass is 324 g/mol. The summed E-state index contributed by atoms with van der Waals surface area (Å²) >= 11 is 0. The predicted octanol–water partition coefficient (Wildman–Crippen LogP) is 2.83. The van der Waals surface area contributed by atoms with Gasteiger partial charge in [-0.15, -0.1) is 0 Å². The van der Waals surface area contributed by atoms with E-state index in [2.05, 4.69) is 38.5 Å². The number of pyridine rings is 1. The molecule has 24 heavy (non-hydrogen) atoms. The van der Waals surface area contributed by atoms with Gasteiger partial charge in [0.1, 0.15) is 6.10 Å². The summed E-state index contributed by atoms with van der Waals surface area (Å²) in [4.78, 5) is 7.09. The maximum Gasteiger partial charge on any atom is 0.259 e. The lowest BCUT2D eigenvalue weighted by atomic mass is 10.2. The Hall–Kier alpha value is -2.18. The van der Waals surface area contributed by atoms with Crippen molar-refractivity contribution in [2.75, 3.05) is 19.7 Å². The zero-order chi connectivity index (χ0) is 16.1. The van der Waals surface area contributed by atoms with Crippen molar-refractivity contribution in [3.63, 3.8) is 0 Å². The third kappa shape index (κ3) is 2.25. The Kier molecular flexibility index (Phi) is 3.21. The van der Waals surface area contributed by atoms with E-state index in [0.717, 1.165) is 30.8 Å². The minimum atomic E-state index is -0.0874. The van der Waals surface area contributed by atoms with Crippen molar-refractivity contribution in [3.8, 4) is 11.5 Å². The Morgan fingerprint density at radius 1 is 1.33 bits per heavy atom. The molecule has 0 bridgehead atoms. The van der Waals surface area contributed by atoms with E-state index in [4.69, 9.17) is 9.26 Å². The SMILES string of the molecule is Cc1cccn2cc(-c3nc([C@H]4CN5CCC[C@H]5CO4)no3)cc12. The molecule has 0 aromatic carbocycles. The second-order valence-electron chi connectivity index (χ2n) is 6.78. The number of aryl methyl sites for hydroxylation is 1. The third-order valence-corrected chi connectivity index (χ3v) is 5.21. The molecule has 2 saturated heterocycles. The summed E-state index contributed by atoms with van der Waals surface area (Å²) in [6, 6.07) is 6.80. The maximum atomic E-state index is 5.97. The molecule has 0 N–H and O–H groups in total. The first-order chi connectivity index (χ1) is 11.8. The van der Waals surface area contributed by atoms with E-state index in [1.807, 2.05) is 18.5 Å². The number of aromatic nitrogens is 3. The summed E-state index contributed by atoms with van der Waals surface area (Å²) in [7, 11) is 0. The van der Waals surface area contributed by atoms with E-state index in [0.29, 0.717) is 17.8 Å². The van der Waals surface area contributed by atoms with Gasteiger partial charge in [-0.05, 0) is 44.0 Å². The number of rotatable bonds is 2. The molecule has 0 amide bonds. The lowest BCUT2D eigenvalue weighted by molar-refractivity contribution is -0.0548. The van der Waals surface area contributed by atoms with Crippen LogP contribution >= 0.6 is 0 Å². The van der Waals surface area contributed by atoms with Crippen LogP contribution in [-0.2, 0) is 4.74 Å². The molecule has 3 aromatic heterocycles. The van der Waals surface area contributed by atoms with E-state index in [1.165, 1.54) is 18.4 Å². The van der Waals surface area contributed by atoms with E-state index in [-0.39, 0.29) is 6.10 Å². The van der Waals surface area contributed by atoms with Crippen LogP contribution in [0.25, 0.3) is 17.0 Å². The minimum absolute atomic E-state index is 0.0874. The van der Waals surface area contributed by atoms with Crippen LogP contribution in [0.2, 0.25) is 0 Å². The van der Waals surface area contributed by atoms with Gasteiger partial charge < -0.3 is 13.7 Å². The lowest BCUT2D eigenvalue weighted by Gasteiger charge is -2.33. The van der Waals surface area contributed by atoms with E-state index >= 15 is 0 Å². The van der Waals surface area contributed by atoms with Gasteiger partial charge >= 0.3 is 0 Å². The molecule has 2 atom stereocenters. The number of morpholine rings is 1. The van der Waals surface area contributed by atoms with Crippen molar-refractivity contribution >= 4 is 5.52 Å². The molecule has 3 aromatic rings. The molecule has 0 spiro atoms. The molecule has 5 heterocycles. The number of nitrogens with zero attached hydrogens (tertiary/aromatic N) is 4. The lowest BCUT2D eigenvalue weighted by Crippen LogP contribution is -2.42. The number of ether oxygens (including phenoxy) is 1. The minimum Gasteiger partial charge on any atom is -0.367 e. The normalized spacial score (nSPS) is 24.5. The van der Waals surface area contributed by atoms with Gasteiger partial charge in [0.2, 0.25) is 5.82 Å². The Balaban J connectivity index is 1.43. The van der Waals surface area contributed by atoms with Crippen LogP contribution in [0.5, 0.6) is 0 Å². The molecular formula is C18H20N4O2. The number of fused-ring (bicyclic) bond motifs is 2. The molecule has 2 fully saturated rings. The molecule has 5 rings (SSSR count). The zero-order valence-electron chi connectivity index (χ0n) is 13.7. The van der Waals surface area contributed by atoms with E-state index in [1.54, 1.807) is 0 Å². The maximum absolute atomic E-state index is 5.97. The topological polar surface area (TPSA) is 55.8 Å². The summed E-state index contributed by atoms with van der Waals surface area (Å²) in [5.74, 6) is 1.21. The van der Waals surface area contributed by atoms with Crippen molar-refractivity contribution in [1.82, 2.24) is 19.4 Å². The van der Waals surface area contributed by atoms with Crippen LogP contribution in [0.3, 0.4) is 0 Å². The van der Waals surface area contributed by atoms with Crippen molar-refractivity contribution in [3.05, 3.63) is 42.0 Å². The smallest absolute Gasteiger partial charge is 0.259 e. The molecule has 0 aliphatic carbocycles. The van der Waals surface area contributed by atoms with Gasteiger partial charge in [-0.2, -0.15) is 4.98 Å². The molecular weight excluding hydrogens is 304 g/mol. The van der Waals surface area contributed by atoms with Gasteiger partial charge in [0.15, 0.2) is 0 Å². The molecule has 2 aliphatic rings. The summed E-state index contributed by atoms with van der Waals surface area (Å²) in [6.45, 7) is 4.88. The highest BCUT2D eigenvalue weighted by Gasteiger charge is 2.35. The van der Waals surface area contributed by atoms with Gasteiger partial charge in [0.05, 0.1) is 12.2 Å². The van der Waals surface area contributed by atoms with Crippen LogP contribution < -0.4 is 0 Å². The first kappa shape index (κ1) is 14.2. The Morgan fingerprint density at radius 3 is 3.21 bits per heavy atom. The van der Waals surface area contributed by atoms with Crippen molar-refractivity contribution in [1.29, 1.82) is 0 Å². The second-order valence-corrected chi connectivity index (χ2v) is 6.78. The molecule has 6 heteroatoms. The van der Waals surface area contributed by atoms with Crippen LogP contribution in [0, 0.1) is 6.92 Å². The fraction of sp³-hybridized carbons (Fsp3) is 0.444. The van der Waals surface area contributed by atoms with Gasteiger partial charge in [0.25, 0.3) is 5.89 Å². The Morgan fingerprint density at radius 2 is 2.29 bits per heavy atom. The molecule has 124 valence electrons. The quantitative estimate of drug-likeness (QED) is 0.725. The largest absolute Gasteiger partial charge is 0.367 e. The molecule has 0 saturated carbocycles. The Labute approximate surface area is 140 Å². The van der Waals surface area contributed by atoms with Gasteiger partial charge in [0, 0.05) is 30.5 Å². The predicted molar refractivity (Wildman–Crippen MR) is 88.7 cm³/mol. The molecule has 0 unspecified atom stereocenters. The van der Waals surface area contributed by atoms with Crippen LogP contribution in [0.4, 0.5) is 0 Å². The first-order valence-corrected chi connectivity index (χ1v) is 8.55. The van der Waals surface area contributed by atoms with Gasteiger partial charge in [-0.25, -0.2) is 0 Å². The molecule has 0 radical (unpaired) electrons. The first-order valence-electron chi connectivity index (χ1n) is 8.55. The molecule has 2 aliphatic heterocycles. The van der Waals surface area contributed by atoms with Gasteiger partial charge in [-0.1, -0.05) is 11.2 Å². The third-order valence-electron chi connectivity index (χ3n) is 5.21. The van der Waals surface area contributed by atoms with E-state index < -0.39 is 0 Å². The fourth-order valence-electron chi connectivity index (χ4n) is 3.86. The zero-order valence-corrected chi connectivity index (χ0v) is 13.7. The van der Waals surface area contributed by atoms with Crippen molar-refractivity contribution < 1.29 is 9.26 Å². The average molecular weight is 324 g/mol. The van der Waals surface area contributed by atoms with E-state index in [9.17, 15) is 0 Å². The summed E-state index contributed by atoms with van der Waals surface area (Å²) in [5.41, 5.74) is 3.32. The van der Waals surface area contributed by atoms with Crippen LogP contribution in [0.1, 0.15) is 30.3 Å². The summed E-state index contributed by atoms with van der Waals surface area (Å²) in [5, 5.41) is 4.18. The number of hydrogen-bond acceptors (Lipinski definition) is 5. The number of hydrogen-bond donors (Lipinski definition) is 0. The molecule has 6 nitrogen and oxygen atoms in total. The van der Waals surface area contributed by atoms with Crippen LogP contribution in [0.15, 0.2) is 35.1 Å².